The highest BCUT2D eigenvalue weighted by Crippen LogP contribution is 2.28. The molecule has 2 aromatic rings. The van der Waals surface area contributed by atoms with E-state index in [1.54, 1.807) is 32.2 Å². The Morgan fingerprint density at radius 3 is 2.50 bits per heavy atom. The first-order valence-corrected chi connectivity index (χ1v) is 8.06. The number of rotatable bonds is 6. The molecule has 0 radical (unpaired) electrons. The molecule has 24 heavy (non-hydrogen) atoms. The zero-order chi connectivity index (χ0) is 17.7. The second kappa shape index (κ2) is 8.06. The van der Waals surface area contributed by atoms with Gasteiger partial charge in [0.05, 0.1) is 26.7 Å². The Morgan fingerprint density at radius 2 is 1.88 bits per heavy atom. The van der Waals surface area contributed by atoms with Gasteiger partial charge < -0.3 is 14.4 Å². The molecule has 1 unspecified atom stereocenters. The van der Waals surface area contributed by atoms with Crippen LogP contribution in [0.3, 0.4) is 0 Å². The van der Waals surface area contributed by atoms with Gasteiger partial charge in [-0.1, -0.05) is 29.8 Å². The summed E-state index contributed by atoms with van der Waals surface area (Å²) < 4.78 is 10.6. The van der Waals surface area contributed by atoms with Gasteiger partial charge in [0.2, 0.25) is 5.91 Å². The van der Waals surface area contributed by atoms with E-state index in [9.17, 15) is 4.79 Å². The summed E-state index contributed by atoms with van der Waals surface area (Å²) in [6, 6.07) is 12.9. The Balaban J connectivity index is 2.19. The summed E-state index contributed by atoms with van der Waals surface area (Å²) in [6.07, 6.45) is 0.228. The van der Waals surface area contributed by atoms with E-state index in [1.807, 2.05) is 43.3 Å². The van der Waals surface area contributed by atoms with Crippen LogP contribution in [0.5, 0.6) is 11.5 Å². The molecule has 0 heterocycles. The van der Waals surface area contributed by atoms with Crippen LogP contribution < -0.4 is 9.47 Å². The first kappa shape index (κ1) is 18.1. The van der Waals surface area contributed by atoms with Crippen LogP contribution in [0.1, 0.15) is 24.1 Å². The average Bonchev–Trinajstić information content (AvgIpc) is 2.60. The number of hydrogen-bond donors (Lipinski definition) is 0. The van der Waals surface area contributed by atoms with Crippen molar-refractivity contribution in [1.82, 2.24) is 4.90 Å². The second-order valence-electron chi connectivity index (χ2n) is 5.56. The van der Waals surface area contributed by atoms with Crippen molar-refractivity contribution in [2.75, 3.05) is 21.3 Å². The van der Waals surface area contributed by atoms with Gasteiger partial charge in [-0.05, 0) is 36.8 Å². The van der Waals surface area contributed by atoms with Crippen LogP contribution in [0, 0.1) is 0 Å². The van der Waals surface area contributed by atoms with Crippen molar-refractivity contribution in [3.63, 3.8) is 0 Å². The Morgan fingerprint density at radius 1 is 1.17 bits per heavy atom. The average molecular weight is 348 g/mol. The number of methoxy groups -OCH3 is 2. The van der Waals surface area contributed by atoms with Gasteiger partial charge in [-0.15, -0.1) is 0 Å². The lowest BCUT2D eigenvalue weighted by Crippen LogP contribution is -2.31. The van der Waals surface area contributed by atoms with Gasteiger partial charge in [0.25, 0.3) is 0 Å². The van der Waals surface area contributed by atoms with Crippen molar-refractivity contribution in [2.45, 2.75) is 19.4 Å². The molecule has 0 spiro atoms. The van der Waals surface area contributed by atoms with Gasteiger partial charge in [-0.3, -0.25) is 4.79 Å². The van der Waals surface area contributed by atoms with Crippen LogP contribution in [0.4, 0.5) is 0 Å². The summed E-state index contributed by atoms with van der Waals surface area (Å²) in [4.78, 5) is 14.4. The van der Waals surface area contributed by atoms with Crippen LogP contribution in [0.25, 0.3) is 0 Å². The lowest BCUT2D eigenvalue weighted by molar-refractivity contribution is -0.131. The fourth-order valence-corrected chi connectivity index (χ4v) is 2.84. The summed E-state index contributed by atoms with van der Waals surface area (Å²) in [5, 5.41) is 0.656. The number of ether oxygens (including phenoxy) is 2. The minimum atomic E-state index is -0.122. The molecule has 1 amide bonds. The zero-order valence-electron chi connectivity index (χ0n) is 14.4. The van der Waals surface area contributed by atoms with E-state index < -0.39 is 0 Å². The lowest BCUT2D eigenvalue weighted by atomic mass is 10.1. The maximum absolute atomic E-state index is 12.7. The maximum atomic E-state index is 12.7. The van der Waals surface area contributed by atoms with E-state index >= 15 is 0 Å². The topological polar surface area (TPSA) is 38.8 Å². The van der Waals surface area contributed by atoms with E-state index in [-0.39, 0.29) is 18.4 Å². The van der Waals surface area contributed by atoms with Crippen molar-refractivity contribution in [1.29, 1.82) is 0 Å². The number of amides is 1. The molecular formula is C19H22ClNO3. The number of halogens is 1. The van der Waals surface area contributed by atoms with Crippen molar-refractivity contribution < 1.29 is 14.3 Å². The minimum Gasteiger partial charge on any atom is -0.497 e. The number of benzene rings is 2. The zero-order valence-corrected chi connectivity index (χ0v) is 15.1. The SMILES string of the molecule is COc1ccc(OC)c(CC(=O)N(C)C(C)c2ccccc2Cl)c1. The Labute approximate surface area is 147 Å². The van der Waals surface area contributed by atoms with E-state index in [0.29, 0.717) is 16.5 Å². The fraction of sp³-hybridized carbons (Fsp3) is 0.316. The predicted octanol–water partition coefficient (Wildman–Crippen LogP) is 4.12. The fourth-order valence-electron chi connectivity index (χ4n) is 2.55. The molecule has 2 rings (SSSR count). The van der Waals surface area contributed by atoms with Gasteiger partial charge in [0, 0.05) is 17.6 Å². The Kier molecular flexibility index (Phi) is 6.10. The van der Waals surface area contributed by atoms with Gasteiger partial charge in [-0.25, -0.2) is 0 Å². The van der Waals surface area contributed by atoms with E-state index in [0.717, 1.165) is 11.1 Å². The number of likely N-dealkylation sites (N-methyl/N-ethyl adjacent to an activating group) is 1. The smallest absolute Gasteiger partial charge is 0.227 e. The minimum absolute atomic E-state index is 0.0195. The monoisotopic (exact) mass is 347 g/mol. The summed E-state index contributed by atoms with van der Waals surface area (Å²) in [5.74, 6) is 1.34. The summed E-state index contributed by atoms with van der Waals surface area (Å²) >= 11 is 6.24. The largest absolute Gasteiger partial charge is 0.497 e. The highest BCUT2D eigenvalue weighted by atomic mass is 35.5. The number of carbonyl (C=O) groups excluding carboxylic acids is 1. The third-order valence-electron chi connectivity index (χ3n) is 4.16. The van der Waals surface area contributed by atoms with Crippen molar-refractivity contribution in [3.8, 4) is 11.5 Å². The Hall–Kier alpha value is -2.20. The van der Waals surface area contributed by atoms with Crippen molar-refractivity contribution in [3.05, 3.63) is 58.6 Å². The first-order chi connectivity index (χ1) is 11.5. The van der Waals surface area contributed by atoms with E-state index in [1.165, 1.54) is 0 Å². The van der Waals surface area contributed by atoms with Crippen LogP contribution >= 0.6 is 11.6 Å². The van der Waals surface area contributed by atoms with Crippen molar-refractivity contribution in [2.24, 2.45) is 0 Å². The molecule has 0 N–H and O–H groups in total. The van der Waals surface area contributed by atoms with Gasteiger partial charge >= 0.3 is 0 Å². The molecule has 4 nitrogen and oxygen atoms in total. The van der Waals surface area contributed by atoms with Gasteiger partial charge in [0.1, 0.15) is 11.5 Å². The van der Waals surface area contributed by atoms with Gasteiger partial charge in [0.15, 0.2) is 0 Å². The van der Waals surface area contributed by atoms with E-state index in [2.05, 4.69) is 0 Å². The molecule has 0 bridgehead atoms. The Bertz CT molecular complexity index is 718. The summed E-state index contributed by atoms with van der Waals surface area (Å²) in [5.41, 5.74) is 1.72. The molecule has 0 aliphatic heterocycles. The molecular weight excluding hydrogens is 326 g/mol. The molecule has 5 heteroatoms. The quantitative estimate of drug-likeness (QED) is 0.789. The summed E-state index contributed by atoms with van der Waals surface area (Å²) in [6.45, 7) is 1.96. The molecule has 0 aliphatic rings. The predicted molar refractivity (Wildman–Crippen MR) is 95.9 cm³/mol. The van der Waals surface area contributed by atoms with Gasteiger partial charge in [-0.2, -0.15) is 0 Å². The highest BCUT2D eigenvalue weighted by molar-refractivity contribution is 6.31. The number of carbonyl (C=O) groups is 1. The maximum Gasteiger partial charge on any atom is 0.227 e. The molecule has 0 fully saturated rings. The number of hydrogen-bond acceptors (Lipinski definition) is 3. The van der Waals surface area contributed by atoms with Crippen LogP contribution in [-0.2, 0) is 11.2 Å². The standard InChI is InChI=1S/C19H22ClNO3/c1-13(16-7-5-6-8-17(16)20)21(2)19(22)12-14-11-15(23-3)9-10-18(14)24-4/h5-11,13H,12H2,1-4H3. The van der Waals surface area contributed by atoms with E-state index in [4.69, 9.17) is 21.1 Å². The third kappa shape index (κ3) is 4.01. The van der Waals surface area contributed by atoms with Crippen LogP contribution in [0.2, 0.25) is 5.02 Å². The molecule has 0 aromatic heterocycles. The molecule has 2 aromatic carbocycles. The van der Waals surface area contributed by atoms with Crippen LogP contribution in [0.15, 0.2) is 42.5 Å². The summed E-state index contributed by atoms with van der Waals surface area (Å²) in [7, 11) is 4.97. The molecule has 0 aliphatic carbocycles. The first-order valence-electron chi connectivity index (χ1n) is 7.69. The number of nitrogens with zero attached hydrogens (tertiary/aromatic N) is 1. The normalized spacial score (nSPS) is 11.7. The van der Waals surface area contributed by atoms with Crippen molar-refractivity contribution >= 4 is 17.5 Å². The third-order valence-corrected chi connectivity index (χ3v) is 4.50. The highest BCUT2D eigenvalue weighted by Gasteiger charge is 2.20. The molecule has 0 saturated carbocycles. The van der Waals surface area contributed by atoms with Crippen LogP contribution in [-0.4, -0.2) is 32.1 Å². The molecule has 128 valence electrons. The molecule has 0 saturated heterocycles. The second-order valence-corrected chi connectivity index (χ2v) is 5.96. The molecule has 1 atom stereocenters. The lowest BCUT2D eigenvalue weighted by Gasteiger charge is -2.26.